The number of nitrogens with zero attached hydrogens (tertiary/aromatic N) is 2. The molecule has 134 valence electrons. The van der Waals surface area contributed by atoms with Crippen molar-refractivity contribution in [2.24, 2.45) is 0 Å². The zero-order valence-corrected chi connectivity index (χ0v) is 13.6. The molecule has 4 atom stereocenters. The Morgan fingerprint density at radius 2 is 1.96 bits per heavy atom. The van der Waals surface area contributed by atoms with Crippen LogP contribution >= 0.6 is 0 Å². The van der Waals surface area contributed by atoms with Gasteiger partial charge in [0.1, 0.15) is 12.2 Å². The van der Waals surface area contributed by atoms with Gasteiger partial charge in [0.2, 0.25) is 0 Å². The maximum Gasteiger partial charge on any atom is 0.333 e. The first-order chi connectivity index (χ1) is 11.9. The third-order valence-corrected chi connectivity index (χ3v) is 4.43. The Hall–Kier alpha value is -2.29. The average Bonchev–Trinajstić information content (AvgIpc) is 2.88. The van der Waals surface area contributed by atoms with E-state index in [1.165, 1.54) is 0 Å². The Kier molecular flexibility index (Phi) is 4.85. The first-order valence-electron chi connectivity index (χ1n) is 7.89. The van der Waals surface area contributed by atoms with E-state index in [9.17, 15) is 19.1 Å². The first-order valence-corrected chi connectivity index (χ1v) is 7.89. The van der Waals surface area contributed by atoms with E-state index in [4.69, 9.17) is 9.84 Å². The Bertz CT molecular complexity index is 878. The predicted octanol–water partition coefficient (Wildman–Crippen LogP) is -0.0446. The second-order valence-corrected chi connectivity index (χ2v) is 6.04. The lowest BCUT2D eigenvalue weighted by molar-refractivity contribution is -0.0496. The summed E-state index contributed by atoms with van der Waals surface area (Å²) in [4.78, 5) is 24.8. The molecule has 0 amide bonds. The van der Waals surface area contributed by atoms with Gasteiger partial charge in [-0.25, -0.2) is 9.18 Å². The van der Waals surface area contributed by atoms with Crippen LogP contribution in [0.5, 0.6) is 0 Å². The molecule has 1 aliphatic rings. The van der Waals surface area contributed by atoms with Gasteiger partial charge in [-0.15, -0.1) is 0 Å². The number of hydrogen-bond acceptors (Lipinski definition) is 5. The number of aromatic nitrogens is 2. The van der Waals surface area contributed by atoms with Crippen LogP contribution in [-0.2, 0) is 11.3 Å². The van der Waals surface area contributed by atoms with E-state index in [0.29, 0.717) is 0 Å². The van der Waals surface area contributed by atoms with E-state index < -0.39 is 42.5 Å². The number of benzene rings is 1. The summed E-state index contributed by atoms with van der Waals surface area (Å²) in [6.07, 6.45) is -4.81. The van der Waals surface area contributed by atoms with Crippen LogP contribution in [0.2, 0.25) is 0 Å². The second kappa shape index (κ2) is 6.91. The van der Waals surface area contributed by atoms with E-state index in [1.807, 2.05) is 19.1 Å². The molecule has 1 aliphatic heterocycles. The molecule has 25 heavy (non-hydrogen) atoms. The molecule has 2 N–H and O–H groups in total. The van der Waals surface area contributed by atoms with Crippen LogP contribution in [0.25, 0.3) is 0 Å². The standard InChI is InChI=1S/C17H19FN2O5/c1-10-4-2-3-5-11(10)8-20-13(22)6-7-19(17(20)24)16-14(18)15(23)12(9-21)25-16/h2-7,12,14-16,21,23H,8-9H2,1H3/t12-,14-,15-,16-/m1/s1. The molecule has 0 spiro atoms. The van der Waals surface area contributed by atoms with Crippen molar-refractivity contribution in [2.45, 2.75) is 38.1 Å². The molecule has 0 saturated carbocycles. The Balaban J connectivity index is 2.00. The van der Waals surface area contributed by atoms with Crippen molar-refractivity contribution < 1.29 is 19.3 Å². The van der Waals surface area contributed by atoms with Crippen molar-refractivity contribution in [1.29, 1.82) is 0 Å². The normalized spacial score (nSPS) is 26.1. The van der Waals surface area contributed by atoms with Crippen LogP contribution in [0.1, 0.15) is 17.4 Å². The highest BCUT2D eigenvalue weighted by Gasteiger charge is 2.45. The molecule has 1 aromatic carbocycles. The second-order valence-electron chi connectivity index (χ2n) is 6.04. The molecule has 0 radical (unpaired) electrons. The van der Waals surface area contributed by atoms with Crippen LogP contribution in [0.4, 0.5) is 4.39 Å². The molecule has 1 fully saturated rings. The molecule has 1 aromatic heterocycles. The molecule has 0 aliphatic carbocycles. The molecule has 2 heterocycles. The summed E-state index contributed by atoms with van der Waals surface area (Å²) in [7, 11) is 0. The lowest BCUT2D eigenvalue weighted by atomic mass is 10.1. The van der Waals surface area contributed by atoms with Gasteiger partial charge >= 0.3 is 5.69 Å². The van der Waals surface area contributed by atoms with Gasteiger partial charge in [0.15, 0.2) is 12.4 Å². The summed E-state index contributed by atoms with van der Waals surface area (Å²) in [6, 6.07) is 8.46. The van der Waals surface area contributed by atoms with Gasteiger partial charge in [-0.05, 0) is 18.1 Å². The molecule has 0 unspecified atom stereocenters. The van der Waals surface area contributed by atoms with Gasteiger partial charge in [0, 0.05) is 12.3 Å². The van der Waals surface area contributed by atoms with Crippen LogP contribution in [0, 0.1) is 6.92 Å². The first kappa shape index (κ1) is 17.5. The van der Waals surface area contributed by atoms with Gasteiger partial charge in [0.05, 0.1) is 13.2 Å². The number of alkyl halides is 1. The van der Waals surface area contributed by atoms with Crippen molar-refractivity contribution >= 4 is 0 Å². The van der Waals surface area contributed by atoms with Gasteiger partial charge < -0.3 is 14.9 Å². The van der Waals surface area contributed by atoms with Crippen LogP contribution in [-0.4, -0.2) is 44.3 Å². The highest BCUT2D eigenvalue weighted by atomic mass is 19.1. The third-order valence-electron chi connectivity index (χ3n) is 4.43. The fraction of sp³-hybridized carbons (Fsp3) is 0.412. The number of aliphatic hydroxyl groups excluding tert-OH is 2. The third kappa shape index (κ3) is 3.15. The maximum absolute atomic E-state index is 14.3. The SMILES string of the molecule is Cc1ccccc1Cn1c(=O)ccn([C@@H]2O[C@H](CO)[C@@H](O)[C@H]2F)c1=O. The van der Waals surface area contributed by atoms with E-state index in [-0.39, 0.29) is 6.54 Å². The van der Waals surface area contributed by atoms with E-state index in [2.05, 4.69) is 0 Å². The minimum absolute atomic E-state index is 0.0425. The molecule has 1 saturated heterocycles. The monoisotopic (exact) mass is 350 g/mol. The number of halogens is 1. The number of ether oxygens (including phenoxy) is 1. The molecule has 0 bridgehead atoms. The summed E-state index contributed by atoms with van der Waals surface area (Å²) < 4.78 is 21.4. The molecular weight excluding hydrogens is 331 g/mol. The predicted molar refractivity (Wildman–Crippen MR) is 87.1 cm³/mol. The lowest BCUT2D eigenvalue weighted by Crippen LogP contribution is -2.42. The van der Waals surface area contributed by atoms with E-state index in [1.54, 1.807) is 12.1 Å². The van der Waals surface area contributed by atoms with Gasteiger partial charge in [-0.2, -0.15) is 0 Å². The van der Waals surface area contributed by atoms with E-state index >= 15 is 0 Å². The Labute approximate surface area is 142 Å². The van der Waals surface area contributed by atoms with Crippen LogP contribution in [0.15, 0.2) is 46.1 Å². The summed E-state index contributed by atoms with van der Waals surface area (Å²) in [6.45, 7) is 1.33. The number of rotatable bonds is 4. The Morgan fingerprint density at radius 3 is 2.60 bits per heavy atom. The number of hydrogen-bond donors (Lipinski definition) is 2. The zero-order valence-electron chi connectivity index (χ0n) is 13.6. The maximum atomic E-state index is 14.3. The largest absolute Gasteiger partial charge is 0.394 e. The highest BCUT2D eigenvalue weighted by molar-refractivity contribution is 5.25. The fourth-order valence-corrected chi connectivity index (χ4v) is 2.91. The average molecular weight is 350 g/mol. The quantitative estimate of drug-likeness (QED) is 0.807. The van der Waals surface area contributed by atoms with Crippen molar-refractivity contribution in [3.05, 3.63) is 68.5 Å². The van der Waals surface area contributed by atoms with Crippen molar-refractivity contribution in [1.82, 2.24) is 9.13 Å². The van der Waals surface area contributed by atoms with Gasteiger partial charge in [0.25, 0.3) is 5.56 Å². The van der Waals surface area contributed by atoms with Gasteiger partial charge in [-0.3, -0.25) is 13.9 Å². The molecule has 2 aromatic rings. The number of aryl methyl sites for hydroxylation is 1. The molecule has 8 heteroatoms. The number of aliphatic hydroxyl groups is 2. The summed E-state index contributed by atoms with van der Waals surface area (Å²) in [5.41, 5.74) is 0.448. The van der Waals surface area contributed by atoms with Crippen LogP contribution < -0.4 is 11.2 Å². The van der Waals surface area contributed by atoms with Crippen molar-refractivity contribution in [3.8, 4) is 0 Å². The summed E-state index contributed by atoms with van der Waals surface area (Å²) in [5, 5.41) is 18.8. The van der Waals surface area contributed by atoms with Crippen molar-refractivity contribution in [2.75, 3.05) is 6.61 Å². The molecular formula is C17H19FN2O5. The minimum atomic E-state index is -1.89. The minimum Gasteiger partial charge on any atom is -0.394 e. The van der Waals surface area contributed by atoms with Crippen LogP contribution in [0.3, 0.4) is 0 Å². The topological polar surface area (TPSA) is 93.7 Å². The fourth-order valence-electron chi connectivity index (χ4n) is 2.91. The molecule has 7 nitrogen and oxygen atoms in total. The van der Waals surface area contributed by atoms with Crippen molar-refractivity contribution in [3.63, 3.8) is 0 Å². The lowest BCUT2D eigenvalue weighted by Gasteiger charge is -2.18. The zero-order chi connectivity index (χ0) is 18.1. The van der Waals surface area contributed by atoms with Gasteiger partial charge in [-0.1, -0.05) is 24.3 Å². The highest BCUT2D eigenvalue weighted by Crippen LogP contribution is 2.30. The smallest absolute Gasteiger partial charge is 0.333 e. The molecule has 3 rings (SSSR count). The summed E-state index contributed by atoms with van der Waals surface area (Å²) in [5.74, 6) is 0. The van der Waals surface area contributed by atoms with E-state index in [0.717, 1.165) is 32.5 Å². The Morgan fingerprint density at radius 1 is 1.24 bits per heavy atom. The summed E-state index contributed by atoms with van der Waals surface area (Å²) >= 11 is 0.